The van der Waals surface area contributed by atoms with Crippen molar-refractivity contribution in [1.82, 2.24) is 5.32 Å². The van der Waals surface area contributed by atoms with Crippen LogP contribution >= 0.6 is 27.5 Å². The van der Waals surface area contributed by atoms with Gasteiger partial charge in [0.05, 0.1) is 17.2 Å². The van der Waals surface area contributed by atoms with Crippen molar-refractivity contribution < 1.29 is 19.1 Å². The molecule has 0 bridgehead atoms. The van der Waals surface area contributed by atoms with Gasteiger partial charge in [-0.05, 0) is 96.3 Å². The highest BCUT2D eigenvalue weighted by Gasteiger charge is 2.42. The van der Waals surface area contributed by atoms with Gasteiger partial charge in [0.1, 0.15) is 11.9 Å². The van der Waals surface area contributed by atoms with Gasteiger partial charge in [-0.3, -0.25) is 4.79 Å². The predicted octanol–water partition coefficient (Wildman–Crippen LogP) is 7.35. The van der Waals surface area contributed by atoms with Crippen LogP contribution in [0, 0.1) is 0 Å². The second-order valence-electron chi connectivity index (χ2n) is 10.1. The summed E-state index contributed by atoms with van der Waals surface area (Å²) in [4.78, 5) is 27.5. The molecule has 1 heterocycles. The van der Waals surface area contributed by atoms with E-state index in [2.05, 4.69) is 21.2 Å². The fourth-order valence-corrected chi connectivity index (χ4v) is 6.56. The number of carbonyl (C=O) groups excluding carboxylic acids is 2. The third kappa shape index (κ3) is 5.37. The van der Waals surface area contributed by atoms with Crippen molar-refractivity contribution in [2.75, 3.05) is 7.11 Å². The Labute approximate surface area is 231 Å². The molecule has 5 rings (SSSR count). The van der Waals surface area contributed by atoms with Crippen LogP contribution in [0.2, 0.25) is 5.02 Å². The van der Waals surface area contributed by atoms with E-state index in [1.807, 2.05) is 49.4 Å². The number of ketones is 1. The topological polar surface area (TPSA) is 64.6 Å². The summed E-state index contributed by atoms with van der Waals surface area (Å²) in [6.45, 7) is 1.91. The first-order valence-electron chi connectivity index (χ1n) is 12.9. The lowest BCUT2D eigenvalue weighted by Crippen LogP contribution is -2.37. The van der Waals surface area contributed by atoms with Crippen LogP contribution < -0.4 is 10.1 Å². The first-order chi connectivity index (χ1) is 17.9. The van der Waals surface area contributed by atoms with E-state index >= 15 is 0 Å². The standard InChI is InChI=1S/C30H31BrClNO4/c1-17-27(30(35)37-22-6-4-3-5-7-22)28(19-10-13-26(36-2)23(31)14-19)29-24(33-17)15-20(16-25(29)34)18-8-11-21(32)12-9-18/h8-14,20,22,28,33H,3-7,15-16H2,1-2H3/t20-,28-/m0/s1. The summed E-state index contributed by atoms with van der Waals surface area (Å²) in [6.07, 6.45) is 6.08. The van der Waals surface area contributed by atoms with Gasteiger partial charge in [-0.2, -0.15) is 0 Å². The minimum atomic E-state index is -0.506. The third-order valence-corrected chi connectivity index (χ3v) is 8.60. The maximum atomic E-state index is 13.8. The average molecular weight is 585 g/mol. The monoisotopic (exact) mass is 583 g/mol. The Morgan fingerprint density at radius 2 is 1.73 bits per heavy atom. The number of Topliss-reactive ketones (excluding diaryl/α,β-unsaturated/α-hetero) is 1. The number of esters is 1. The first-order valence-corrected chi connectivity index (χ1v) is 14.1. The highest BCUT2D eigenvalue weighted by Crippen LogP contribution is 2.47. The molecule has 2 aliphatic carbocycles. The molecular weight excluding hydrogens is 554 g/mol. The molecule has 0 amide bonds. The third-order valence-electron chi connectivity index (χ3n) is 7.72. The zero-order valence-electron chi connectivity index (χ0n) is 21.1. The van der Waals surface area contributed by atoms with Crippen LogP contribution in [0.25, 0.3) is 0 Å². The van der Waals surface area contributed by atoms with E-state index in [1.165, 1.54) is 6.42 Å². The van der Waals surface area contributed by atoms with Crippen LogP contribution in [0.1, 0.15) is 74.8 Å². The predicted molar refractivity (Wildman–Crippen MR) is 148 cm³/mol. The molecule has 2 atom stereocenters. The number of dihydropyridines is 1. The second kappa shape index (κ2) is 11.0. The summed E-state index contributed by atoms with van der Waals surface area (Å²) in [5.74, 6) is -0.0677. The molecule has 0 aromatic heterocycles. The van der Waals surface area contributed by atoms with Crippen molar-refractivity contribution in [3.05, 3.63) is 85.6 Å². The van der Waals surface area contributed by atoms with Gasteiger partial charge in [-0.25, -0.2) is 4.79 Å². The molecule has 1 saturated carbocycles. The summed E-state index contributed by atoms with van der Waals surface area (Å²) < 4.78 is 12.2. The molecule has 37 heavy (non-hydrogen) atoms. The maximum Gasteiger partial charge on any atom is 0.337 e. The Hall–Kier alpha value is -2.57. The number of benzene rings is 2. The normalized spacial score (nSPS) is 22.4. The highest BCUT2D eigenvalue weighted by atomic mass is 79.9. The molecule has 3 aliphatic rings. The number of methoxy groups -OCH3 is 1. The van der Waals surface area contributed by atoms with E-state index in [0.29, 0.717) is 34.8 Å². The molecule has 0 unspecified atom stereocenters. The number of ether oxygens (including phenoxy) is 2. The molecule has 1 aliphatic heterocycles. The van der Waals surface area contributed by atoms with Crippen LogP contribution in [-0.2, 0) is 14.3 Å². The number of carbonyl (C=O) groups is 2. The molecule has 0 saturated heterocycles. The zero-order valence-corrected chi connectivity index (χ0v) is 23.5. The quantitative estimate of drug-likeness (QED) is 0.372. The molecule has 194 valence electrons. The summed E-state index contributed by atoms with van der Waals surface area (Å²) in [5, 5.41) is 4.11. The molecule has 7 heteroatoms. The van der Waals surface area contributed by atoms with Gasteiger partial charge in [0, 0.05) is 34.3 Å². The van der Waals surface area contributed by atoms with Gasteiger partial charge >= 0.3 is 5.97 Å². The van der Waals surface area contributed by atoms with Gasteiger partial charge in [-0.15, -0.1) is 0 Å². The number of rotatable bonds is 5. The lowest BCUT2D eigenvalue weighted by atomic mass is 9.71. The summed E-state index contributed by atoms with van der Waals surface area (Å²) >= 11 is 9.68. The summed E-state index contributed by atoms with van der Waals surface area (Å²) in [5.41, 5.74) is 4.72. The lowest BCUT2D eigenvalue weighted by Gasteiger charge is -2.37. The van der Waals surface area contributed by atoms with Crippen LogP contribution in [-0.4, -0.2) is 25.0 Å². The van der Waals surface area contributed by atoms with Crippen LogP contribution in [0.15, 0.2) is 69.5 Å². The molecule has 2 aromatic rings. The van der Waals surface area contributed by atoms with Crippen LogP contribution in [0.5, 0.6) is 5.75 Å². The van der Waals surface area contributed by atoms with Gasteiger partial charge < -0.3 is 14.8 Å². The average Bonchev–Trinajstić information content (AvgIpc) is 2.88. The molecule has 0 spiro atoms. The molecule has 5 nitrogen and oxygen atoms in total. The van der Waals surface area contributed by atoms with Crippen molar-refractivity contribution in [2.45, 2.75) is 69.8 Å². The van der Waals surface area contributed by atoms with E-state index in [4.69, 9.17) is 21.1 Å². The fourth-order valence-electron chi connectivity index (χ4n) is 5.87. The van der Waals surface area contributed by atoms with E-state index < -0.39 is 5.92 Å². The number of halogens is 2. The Kier molecular flexibility index (Phi) is 7.77. The van der Waals surface area contributed by atoms with Crippen LogP contribution in [0.3, 0.4) is 0 Å². The number of allylic oxidation sites excluding steroid dienone is 3. The molecular formula is C30H31BrClNO4. The number of nitrogens with one attached hydrogen (secondary N) is 1. The largest absolute Gasteiger partial charge is 0.496 e. The highest BCUT2D eigenvalue weighted by molar-refractivity contribution is 9.10. The van der Waals surface area contributed by atoms with Gasteiger partial charge in [0.2, 0.25) is 0 Å². The maximum absolute atomic E-state index is 13.8. The smallest absolute Gasteiger partial charge is 0.337 e. The van der Waals surface area contributed by atoms with E-state index in [1.54, 1.807) is 7.11 Å². The van der Waals surface area contributed by atoms with E-state index in [-0.39, 0.29) is 23.8 Å². The van der Waals surface area contributed by atoms with Crippen molar-refractivity contribution >= 4 is 39.3 Å². The minimum absolute atomic E-state index is 0.0427. The Morgan fingerprint density at radius 3 is 2.41 bits per heavy atom. The van der Waals surface area contributed by atoms with Crippen LogP contribution in [0.4, 0.5) is 0 Å². The van der Waals surface area contributed by atoms with Gasteiger partial charge in [0.25, 0.3) is 0 Å². The number of hydrogen-bond acceptors (Lipinski definition) is 5. The van der Waals surface area contributed by atoms with Gasteiger partial charge in [-0.1, -0.05) is 36.2 Å². The molecule has 0 radical (unpaired) electrons. The zero-order chi connectivity index (χ0) is 26.1. The van der Waals surface area contributed by atoms with E-state index in [0.717, 1.165) is 52.7 Å². The van der Waals surface area contributed by atoms with Crippen molar-refractivity contribution in [3.63, 3.8) is 0 Å². The fraction of sp³-hybridized carbons (Fsp3) is 0.400. The summed E-state index contributed by atoms with van der Waals surface area (Å²) in [7, 11) is 1.61. The van der Waals surface area contributed by atoms with Crippen molar-refractivity contribution in [1.29, 1.82) is 0 Å². The first kappa shape index (κ1) is 26.1. The van der Waals surface area contributed by atoms with Crippen molar-refractivity contribution in [3.8, 4) is 5.75 Å². The number of hydrogen-bond donors (Lipinski definition) is 1. The molecule has 1 fully saturated rings. The van der Waals surface area contributed by atoms with E-state index in [9.17, 15) is 9.59 Å². The Morgan fingerprint density at radius 1 is 1.03 bits per heavy atom. The molecule has 2 aromatic carbocycles. The lowest BCUT2D eigenvalue weighted by molar-refractivity contribution is -0.146. The minimum Gasteiger partial charge on any atom is -0.496 e. The van der Waals surface area contributed by atoms with Crippen molar-refractivity contribution in [2.24, 2.45) is 0 Å². The Balaban J connectivity index is 1.54. The second-order valence-corrected chi connectivity index (χ2v) is 11.4. The Bertz CT molecular complexity index is 1280. The SMILES string of the molecule is COc1ccc([C@H]2C(C(=O)OC3CCCCC3)=C(C)NC3=C2C(=O)C[C@@H](c2ccc(Cl)cc2)C3)cc1Br. The summed E-state index contributed by atoms with van der Waals surface area (Å²) in [6, 6.07) is 13.4. The van der Waals surface area contributed by atoms with Gasteiger partial charge in [0.15, 0.2) is 5.78 Å². The molecule has 1 N–H and O–H groups in total.